The number of anilines is 1. The molecule has 0 aliphatic heterocycles. The molecule has 5 heteroatoms. The van der Waals surface area contributed by atoms with Gasteiger partial charge in [0.05, 0.1) is 0 Å². The second kappa shape index (κ2) is 3.84. The van der Waals surface area contributed by atoms with Crippen LogP contribution in [0.4, 0.5) is 5.82 Å². The van der Waals surface area contributed by atoms with Crippen LogP contribution in [0.15, 0.2) is 12.4 Å². The van der Waals surface area contributed by atoms with Gasteiger partial charge < -0.3 is 11.1 Å². The lowest BCUT2D eigenvalue weighted by Gasteiger charge is -2.10. The maximum Gasteiger partial charge on any atom is 0.239 e. The quantitative estimate of drug-likeness (QED) is 0.689. The number of carbonyl (C=O) groups is 1. The summed E-state index contributed by atoms with van der Waals surface area (Å²) in [5.74, 6) is 0.204. The molecule has 1 heterocycles. The normalized spacial score (nSPS) is 12.2. The molecule has 3 N–H and O–H groups in total. The summed E-state index contributed by atoms with van der Waals surface area (Å²) in [4.78, 5) is 18.6. The van der Waals surface area contributed by atoms with Gasteiger partial charge in [-0.1, -0.05) is 0 Å². The van der Waals surface area contributed by atoms with Crippen LogP contribution in [0, 0.1) is 6.92 Å². The van der Waals surface area contributed by atoms with Crippen LogP contribution in [-0.2, 0) is 4.79 Å². The number of nitrogens with two attached hydrogens (primary N) is 1. The Balaban J connectivity index is 2.69. The molecule has 0 fully saturated rings. The van der Waals surface area contributed by atoms with Crippen LogP contribution in [-0.4, -0.2) is 21.9 Å². The number of hydrogen-bond acceptors (Lipinski definition) is 4. The maximum absolute atomic E-state index is 10.7. The molecule has 70 valence electrons. The van der Waals surface area contributed by atoms with E-state index in [-0.39, 0.29) is 0 Å². The van der Waals surface area contributed by atoms with E-state index < -0.39 is 11.9 Å². The zero-order chi connectivity index (χ0) is 9.84. The minimum Gasteiger partial charge on any atom is -0.368 e. The molecule has 1 atom stereocenters. The molecule has 1 rings (SSSR count). The fourth-order valence-electron chi connectivity index (χ4n) is 0.826. The zero-order valence-electron chi connectivity index (χ0n) is 7.61. The lowest BCUT2D eigenvalue weighted by molar-refractivity contribution is -0.118. The van der Waals surface area contributed by atoms with Crippen molar-refractivity contribution in [1.29, 1.82) is 0 Å². The molecule has 1 aromatic rings. The fraction of sp³-hybridized carbons (Fsp3) is 0.375. The number of amides is 1. The first-order valence-corrected chi connectivity index (χ1v) is 3.94. The Morgan fingerprint density at radius 3 is 2.85 bits per heavy atom. The molecule has 0 saturated carbocycles. The highest BCUT2D eigenvalue weighted by Crippen LogP contribution is 2.03. The number of primary amides is 1. The number of aryl methyl sites for hydroxylation is 1. The molecular formula is C8H12N4O. The van der Waals surface area contributed by atoms with Crippen molar-refractivity contribution >= 4 is 11.7 Å². The SMILES string of the molecule is Cc1cc(NC(C)C(N)=O)ncn1. The predicted octanol–water partition coefficient (Wildman–Crippen LogP) is 0.0707. The fourth-order valence-corrected chi connectivity index (χ4v) is 0.826. The lowest BCUT2D eigenvalue weighted by Crippen LogP contribution is -2.32. The van der Waals surface area contributed by atoms with E-state index in [1.807, 2.05) is 6.92 Å². The van der Waals surface area contributed by atoms with Crippen molar-refractivity contribution < 1.29 is 4.79 Å². The van der Waals surface area contributed by atoms with Gasteiger partial charge in [0.1, 0.15) is 18.2 Å². The molecule has 5 nitrogen and oxygen atoms in total. The highest BCUT2D eigenvalue weighted by Gasteiger charge is 2.07. The van der Waals surface area contributed by atoms with E-state index in [0.29, 0.717) is 5.82 Å². The van der Waals surface area contributed by atoms with Gasteiger partial charge in [0.2, 0.25) is 5.91 Å². The Hall–Kier alpha value is -1.65. The minimum atomic E-state index is -0.422. The molecule has 1 aromatic heterocycles. The van der Waals surface area contributed by atoms with Crippen LogP contribution in [0.3, 0.4) is 0 Å². The smallest absolute Gasteiger partial charge is 0.239 e. The van der Waals surface area contributed by atoms with Crippen molar-refractivity contribution in [1.82, 2.24) is 9.97 Å². The minimum absolute atomic E-state index is 0.406. The van der Waals surface area contributed by atoms with E-state index in [2.05, 4.69) is 15.3 Å². The van der Waals surface area contributed by atoms with Crippen molar-refractivity contribution in [3.63, 3.8) is 0 Å². The van der Waals surface area contributed by atoms with Gasteiger partial charge in [0.25, 0.3) is 0 Å². The van der Waals surface area contributed by atoms with E-state index >= 15 is 0 Å². The Labute approximate surface area is 76.4 Å². The van der Waals surface area contributed by atoms with Gasteiger partial charge in [0.15, 0.2) is 0 Å². The van der Waals surface area contributed by atoms with Crippen LogP contribution in [0.5, 0.6) is 0 Å². The average Bonchev–Trinajstić information content (AvgIpc) is 2.04. The predicted molar refractivity (Wildman–Crippen MR) is 49.0 cm³/mol. The number of rotatable bonds is 3. The first-order valence-electron chi connectivity index (χ1n) is 3.94. The first-order chi connectivity index (χ1) is 6.09. The van der Waals surface area contributed by atoms with Crippen molar-refractivity contribution in [2.75, 3.05) is 5.32 Å². The lowest BCUT2D eigenvalue weighted by atomic mass is 10.3. The summed E-state index contributed by atoms with van der Waals surface area (Å²) in [6, 6.07) is 1.33. The summed E-state index contributed by atoms with van der Waals surface area (Å²) in [7, 11) is 0. The number of nitrogens with zero attached hydrogens (tertiary/aromatic N) is 2. The largest absolute Gasteiger partial charge is 0.368 e. The van der Waals surface area contributed by atoms with Gasteiger partial charge >= 0.3 is 0 Å². The monoisotopic (exact) mass is 180 g/mol. The maximum atomic E-state index is 10.7. The number of hydrogen-bond donors (Lipinski definition) is 2. The highest BCUT2D eigenvalue weighted by atomic mass is 16.1. The van der Waals surface area contributed by atoms with Gasteiger partial charge in [-0.25, -0.2) is 9.97 Å². The number of nitrogens with one attached hydrogen (secondary N) is 1. The van der Waals surface area contributed by atoms with Crippen molar-refractivity contribution in [3.8, 4) is 0 Å². The third kappa shape index (κ3) is 2.70. The molecule has 0 spiro atoms. The highest BCUT2D eigenvalue weighted by molar-refractivity contribution is 5.82. The summed E-state index contributed by atoms with van der Waals surface area (Å²) in [5.41, 5.74) is 5.92. The molecule has 0 saturated heterocycles. The molecule has 0 bridgehead atoms. The van der Waals surface area contributed by atoms with Gasteiger partial charge in [-0.3, -0.25) is 4.79 Å². The molecular weight excluding hydrogens is 168 g/mol. The summed E-state index contributed by atoms with van der Waals surface area (Å²) >= 11 is 0. The number of aromatic nitrogens is 2. The topological polar surface area (TPSA) is 80.9 Å². The van der Waals surface area contributed by atoms with E-state index in [9.17, 15) is 4.79 Å². The number of carbonyl (C=O) groups excluding carboxylic acids is 1. The molecule has 1 amide bonds. The second-order valence-electron chi connectivity index (χ2n) is 2.81. The third-order valence-corrected chi connectivity index (χ3v) is 1.59. The van der Waals surface area contributed by atoms with Crippen LogP contribution >= 0.6 is 0 Å². The Bertz CT molecular complexity index is 313. The Morgan fingerprint density at radius 1 is 1.62 bits per heavy atom. The van der Waals surface area contributed by atoms with Gasteiger partial charge in [-0.05, 0) is 13.8 Å². The van der Waals surface area contributed by atoms with Crippen LogP contribution in [0.25, 0.3) is 0 Å². The summed E-state index contributed by atoms with van der Waals surface area (Å²) in [6.45, 7) is 3.53. The van der Waals surface area contributed by atoms with Crippen molar-refractivity contribution in [2.45, 2.75) is 19.9 Å². The zero-order valence-corrected chi connectivity index (χ0v) is 7.61. The Kier molecular flexibility index (Phi) is 2.79. The van der Waals surface area contributed by atoms with E-state index in [0.717, 1.165) is 5.69 Å². The van der Waals surface area contributed by atoms with E-state index in [4.69, 9.17) is 5.73 Å². The van der Waals surface area contributed by atoms with Crippen molar-refractivity contribution in [2.24, 2.45) is 5.73 Å². The van der Waals surface area contributed by atoms with Gasteiger partial charge in [0, 0.05) is 11.8 Å². The summed E-state index contributed by atoms with van der Waals surface area (Å²) in [5, 5.41) is 2.86. The Morgan fingerprint density at radius 2 is 2.31 bits per heavy atom. The van der Waals surface area contributed by atoms with E-state index in [1.165, 1.54) is 6.33 Å². The van der Waals surface area contributed by atoms with Gasteiger partial charge in [-0.2, -0.15) is 0 Å². The molecule has 1 unspecified atom stereocenters. The molecule has 0 aliphatic rings. The molecule has 0 aromatic carbocycles. The molecule has 13 heavy (non-hydrogen) atoms. The van der Waals surface area contributed by atoms with Crippen LogP contribution < -0.4 is 11.1 Å². The van der Waals surface area contributed by atoms with Crippen LogP contribution in [0.1, 0.15) is 12.6 Å². The van der Waals surface area contributed by atoms with Crippen molar-refractivity contribution in [3.05, 3.63) is 18.1 Å². The molecule has 0 radical (unpaired) electrons. The summed E-state index contributed by atoms with van der Waals surface area (Å²) < 4.78 is 0. The summed E-state index contributed by atoms with van der Waals surface area (Å²) in [6.07, 6.45) is 1.44. The third-order valence-electron chi connectivity index (χ3n) is 1.59. The average molecular weight is 180 g/mol. The first kappa shape index (κ1) is 9.44. The standard InChI is InChI=1S/C8H12N4O/c1-5-3-7(11-4-10-5)12-6(2)8(9)13/h3-4,6H,1-2H3,(H2,9,13)(H,10,11,12). The molecule has 0 aliphatic carbocycles. The van der Waals surface area contributed by atoms with Crippen LogP contribution in [0.2, 0.25) is 0 Å². The van der Waals surface area contributed by atoms with Gasteiger partial charge in [-0.15, -0.1) is 0 Å². The van der Waals surface area contributed by atoms with E-state index in [1.54, 1.807) is 13.0 Å². The second-order valence-corrected chi connectivity index (χ2v) is 2.81.